The number of carbonyl (C=O) groups excluding carboxylic acids is 1. The molecule has 0 saturated carbocycles. The van der Waals surface area contributed by atoms with Crippen molar-refractivity contribution in [3.8, 4) is 0 Å². The van der Waals surface area contributed by atoms with Crippen molar-refractivity contribution in [2.24, 2.45) is 4.99 Å². The molecule has 112 valence electrons. The first-order valence-corrected chi connectivity index (χ1v) is 6.55. The monoisotopic (exact) mass is 318 g/mol. The molecule has 0 bridgehead atoms. The lowest BCUT2D eigenvalue weighted by Gasteiger charge is -2.00. The minimum atomic E-state index is -0.501. The van der Waals surface area contributed by atoms with Crippen LogP contribution < -0.4 is 0 Å². The van der Waals surface area contributed by atoms with Crippen LogP contribution in [0.25, 0.3) is 0 Å². The highest BCUT2D eigenvalue weighted by Gasteiger charge is 2.08. The number of hydrogen-bond donors (Lipinski definition) is 0. The predicted octanol–water partition coefficient (Wildman–Crippen LogP) is 3.79. The van der Waals surface area contributed by atoms with Crippen molar-refractivity contribution in [3.05, 3.63) is 68.7 Å². The number of esters is 1. The largest absolute Gasteiger partial charge is 0.465 e. The smallest absolute Gasteiger partial charge is 0.337 e. The van der Waals surface area contributed by atoms with Gasteiger partial charge >= 0.3 is 5.97 Å². The first kappa shape index (κ1) is 15.7. The summed E-state index contributed by atoms with van der Waals surface area (Å²) in [6.45, 7) is 0. The SMILES string of the molecule is COC(=O)c1ccc(N=Cc2cc([N+](=O)[O-])ccc2Cl)cc1. The molecule has 2 aromatic rings. The summed E-state index contributed by atoms with van der Waals surface area (Å²) in [6.07, 6.45) is 1.43. The molecule has 6 nitrogen and oxygen atoms in total. The van der Waals surface area contributed by atoms with Gasteiger partial charge in [0.2, 0.25) is 0 Å². The van der Waals surface area contributed by atoms with Crippen LogP contribution in [0.2, 0.25) is 5.02 Å². The molecule has 0 aromatic heterocycles. The second-order valence-electron chi connectivity index (χ2n) is 4.26. The number of carbonyl (C=O) groups is 1. The molecule has 0 fully saturated rings. The Labute approximate surface area is 131 Å². The van der Waals surface area contributed by atoms with Crippen LogP contribution in [0.4, 0.5) is 11.4 Å². The Kier molecular flexibility index (Phi) is 4.85. The molecule has 0 aliphatic carbocycles. The fourth-order valence-corrected chi connectivity index (χ4v) is 1.86. The molecule has 22 heavy (non-hydrogen) atoms. The molecule has 0 heterocycles. The minimum absolute atomic E-state index is 0.0631. The Morgan fingerprint density at radius 3 is 2.55 bits per heavy atom. The zero-order valence-corrected chi connectivity index (χ0v) is 12.3. The van der Waals surface area contributed by atoms with Crippen molar-refractivity contribution in [1.82, 2.24) is 0 Å². The summed E-state index contributed by atoms with van der Waals surface area (Å²) in [7, 11) is 1.30. The summed E-state index contributed by atoms with van der Waals surface area (Å²) in [5, 5.41) is 11.1. The van der Waals surface area contributed by atoms with Gasteiger partial charge in [0.05, 0.1) is 23.3 Å². The van der Waals surface area contributed by atoms with Gasteiger partial charge in [-0.3, -0.25) is 15.1 Å². The van der Waals surface area contributed by atoms with Crippen LogP contribution in [-0.2, 0) is 4.74 Å². The number of benzene rings is 2. The van der Waals surface area contributed by atoms with Gasteiger partial charge in [0.1, 0.15) is 0 Å². The number of nitrogens with zero attached hydrogens (tertiary/aromatic N) is 2. The van der Waals surface area contributed by atoms with Crippen LogP contribution >= 0.6 is 11.6 Å². The zero-order valence-electron chi connectivity index (χ0n) is 11.5. The fourth-order valence-electron chi connectivity index (χ4n) is 1.69. The van der Waals surface area contributed by atoms with E-state index in [0.29, 0.717) is 21.8 Å². The third-order valence-electron chi connectivity index (χ3n) is 2.83. The molecule has 0 aliphatic heterocycles. The van der Waals surface area contributed by atoms with E-state index < -0.39 is 10.9 Å². The van der Waals surface area contributed by atoms with Gasteiger partial charge in [0.15, 0.2) is 0 Å². The zero-order chi connectivity index (χ0) is 16.1. The van der Waals surface area contributed by atoms with E-state index in [2.05, 4.69) is 9.73 Å². The van der Waals surface area contributed by atoms with Gasteiger partial charge in [0, 0.05) is 28.9 Å². The number of nitro groups is 1. The van der Waals surface area contributed by atoms with Crippen molar-refractivity contribution < 1.29 is 14.5 Å². The number of halogens is 1. The van der Waals surface area contributed by atoms with E-state index in [0.717, 1.165) is 0 Å². The standard InChI is InChI=1S/C15H11ClN2O4/c1-22-15(19)10-2-4-12(5-3-10)17-9-11-8-13(18(20)21)6-7-14(11)16/h2-9H,1H3. The highest BCUT2D eigenvalue weighted by atomic mass is 35.5. The number of non-ortho nitro benzene ring substituents is 1. The molecule has 2 aromatic carbocycles. The maximum Gasteiger partial charge on any atom is 0.337 e. The quantitative estimate of drug-likeness (QED) is 0.372. The fraction of sp³-hybridized carbons (Fsp3) is 0.0667. The first-order chi connectivity index (χ1) is 10.5. The minimum Gasteiger partial charge on any atom is -0.465 e. The Hall–Kier alpha value is -2.73. The van der Waals surface area contributed by atoms with Crippen LogP contribution in [0.1, 0.15) is 15.9 Å². The van der Waals surface area contributed by atoms with Crippen LogP contribution in [-0.4, -0.2) is 24.2 Å². The molecular formula is C15H11ClN2O4. The highest BCUT2D eigenvalue weighted by molar-refractivity contribution is 6.33. The van der Waals surface area contributed by atoms with Crippen molar-refractivity contribution in [2.45, 2.75) is 0 Å². The summed E-state index contributed by atoms with van der Waals surface area (Å²) in [6, 6.07) is 10.5. The number of ether oxygens (including phenoxy) is 1. The molecule has 0 N–H and O–H groups in total. The van der Waals surface area contributed by atoms with Crippen molar-refractivity contribution in [2.75, 3.05) is 7.11 Å². The Bertz CT molecular complexity index is 742. The first-order valence-electron chi connectivity index (χ1n) is 6.17. The molecule has 7 heteroatoms. The number of aliphatic imine (C=N–C) groups is 1. The Morgan fingerprint density at radius 2 is 1.95 bits per heavy atom. The average Bonchev–Trinajstić information content (AvgIpc) is 2.53. The highest BCUT2D eigenvalue weighted by Crippen LogP contribution is 2.21. The number of nitro benzene ring substituents is 1. The Balaban J connectivity index is 2.23. The second kappa shape index (κ2) is 6.82. The van der Waals surface area contributed by atoms with E-state index in [1.807, 2.05) is 0 Å². The van der Waals surface area contributed by atoms with E-state index in [-0.39, 0.29) is 5.69 Å². The van der Waals surface area contributed by atoms with Crippen molar-refractivity contribution >= 4 is 35.2 Å². The Morgan fingerprint density at radius 1 is 1.27 bits per heavy atom. The summed E-state index contributed by atoms with van der Waals surface area (Å²) >= 11 is 5.98. The summed E-state index contributed by atoms with van der Waals surface area (Å²) in [5.74, 6) is -0.433. The molecule has 0 saturated heterocycles. The van der Waals surface area contributed by atoms with Gasteiger partial charge in [-0.15, -0.1) is 0 Å². The maximum absolute atomic E-state index is 11.3. The van der Waals surface area contributed by atoms with Crippen molar-refractivity contribution in [1.29, 1.82) is 0 Å². The van der Waals surface area contributed by atoms with Crippen LogP contribution in [0, 0.1) is 10.1 Å². The number of methoxy groups -OCH3 is 1. The average molecular weight is 319 g/mol. The predicted molar refractivity (Wildman–Crippen MR) is 83.1 cm³/mol. The van der Waals surface area contributed by atoms with Crippen molar-refractivity contribution in [3.63, 3.8) is 0 Å². The molecule has 0 amide bonds. The molecule has 0 spiro atoms. The maximum atomic E-state index is 11.3. The van der Waals surface area contributed by atoms with Gasteiger partial charge in [-0.2, -0.15) is 0 Å². The molecular weight excluding hydrogens is 308 g/mol. The summed E-state index contributed by atoms with van der Waals surface area (Å²) in [5.41, 5.74) is 1.37. The molecule has 0 unspecified atom stereocenters. The van der Waals surface area contributed by atoms with E-state index >= 15 is 0 Å². The third-order valence-corrected chi connectivity index (χ3v) is 3.18. The molecule has 0 radical (unpaired) electrons. The van der Waals surface area contributed by atoms with E-state index in [9.17, 15) is 14.9 Å². The normalized spacial score (nSPS) is 10.6. The lowest BCUT2D eigenvalue weighted by Crippen LogP contribution is -1.99. The van der Waals surface area contributed by atoms with Gasteiger partial charge in [-0.05, 0) is 30.3 Å². The van der Waals surface area contributed by atoms with E-state index in [1.165, 1.54) is 31.5 Å². The topological polar surface area (TPSA) is 81.8 Å². The summed E-state index contributed by atoms with van der Waals surface area (Å²) < 4.78 is 4.60. The molecule has 0 aliphatic rings. The number of rotatable bonds is 4. The van der Waals surface area contributed by atoms with Crippen LogP contribution in [0.15, 0.2) is 47.5 Å². The van der Waals surface area contributed by atoms with Crippen LogP contribution in [0.5, 0.6) is 0 Å². The van der Waals surface area contributed by atoms with Gasteiger partial charge in [-0.1, -0.05) is 11.6 Å². The lowest BCUT2D eigenvalue weighted by molar-refractivity contribution is -0.384. The van der Waals surface area contributed by atoms with E-state index in [4.69, 9.17) is 11.6 Å². The van der Waals surface area contributed by atoms with Crippen LogP contribution in [0.3, 0.4) is 0 Å². The molecule has 0 atom stereocenters. The van der Waals surface area contributed by atoms with Gasteiger partial charge in [-0.25, -0.2) is 4.79 Å². The third kappa shape index (κ3) is 3.67. The molecule has 2 rings (SSSR count). The summed E-state index contributed by atoms with van der Waals surface area (Å²) in [4.78, 5) is 25.7. The van der Waals surface area contributed by atoms with E-state index in [1.54, 1.807) is 24.3 Å². The lowest BCUT2D eigenvalue weighted by atomic mass is 10.2. The van der Waals surface area contributed by atoms with Gasteiger partial charge in [0.25, 0.3) is 5.69 Å². The second-order valence-corrected chi connectivity index (χ2v) is 4.67. The number of hydrogen-bond acceptors (Lipinski definition) is 5. The van der Waals surface area contributed by atoms with Gasteiger partial charge < -0.3 is 4.74 Å².